The van der Waals surface area contributed by atoms with Gasteiger partial charge in [0.2, 0.25) is 0 Å². The van der Waals surface area contributed by atoms with Crippen LogP contribution in [0.2, 0.25) is 0 Å². The maximum Gasteiger partial charge on any atom is 1.00 e. The molecule has 0 aliphatic rings. The van der Waals surface area contributed by atoms with Gasteiger partial charge in [0.05, 0.1) is 0 Å². The topological polar surface area (TPSA) is 61.1 Å². The van der Waals surface area contributed by atoms with E-state index in [4.69, 9.17) is 10.8 Å². The second kappa shape index (κ2) is 4.61. The first-order chi connectivity index (χ1) is 4.20. The molecule has 0 amide bonds. The van der Waals surface area contributed by atoms with E-state index in [1.165, 1.54) is 11.4 Å². The molecule has 0 saturated heterocycles. The fourth-order valence-electron chi connectivity index (χ4n) is 0.448. The molecule has 0 aliphatic heterocycles. The number of thiophene rings is 1. The van der Waals surface area contributed by atoms with Gasteiger partial charge in [0.15, 0.2) is 0 Å². The second-order valence-corrected chi connectivity index (χ2v) is 2.42. The summed E-state index contributed by atoms with van der Waals surface area (Å²) in [5.41, 5.74) is 7.22. The Labute approximate surface area is 111 Å². The van der Waals surface area contributed by atoms with Crippen LogP contribution in [0.4, 0.5) is 5.69 Å². The number of carboxylic acids is 1. The summed E-state index contributed by atoms with van der Waals surface area (Å²) in [5, 5.41) is 9.81. The van der Waals surface area contributed by atoms with Gasteiger partial charge in [-0.25, -0.2) is 4.79 Å². The van der Waals surface area contributed by atoms with Crippen LogP contribution in [-0.4, -0.2) is 11.1 Å². The van der Waals surface area contributed by atoms with Crippen LogP contribution < -0.4 is 58.2 Å². The standard InChI is InChI=1S/C5H4NO2S.Rb/c6-3-1-4(5(7)8)9-2-3;/h1-2,6H,(H,7,8);/q-1;+1. The molecule has 0 radical (unpaired) electrons. The Morgan fingerprint density at radius 3 is 2.50 bits per heavy atom. The number of carbonyl (C=O) groups is 1. The summed E-state index contributed by atoms with van der Waals surface area (Å²) >= 11 is 1.07. The molecule has 0 aliphatic carbocycles. The summed E-state index contributed by atoms with van der Waals surface area (Å²) < 4.78 is 0. The third-order valence-corrected chi connectivity index (χ3v) is 1.73. The first-order valence-electron chi connectivity index (χ1n) is 2.23. The summed E-state index contributed by atoms with van der Waals surface area (Å²) in [4.78, 5) is 10.4. The Morgan fingerprint density at radius 1 is 1.70 bits per heavy atom. The fourth-order valence-corrected chi connectivity index (χ4v) is 1.07. The molecule has 0 saturated carbocycles. The van der Waals surface area contributed by atoms with E-state index in [0.717, 1.165) is 11.3 Å². The van der Waals surface area contributed by atoms with Gasteiger partial charge in [0.1, 0.15) is 4.88 Å². The zero-order chi connectivity index (χ0) is 6.85. The Balaban J connectivity index is 0.000000810. The Morgan fingerprint density at radius 2 is 2.30 bits per heavy atom. The van der Waals surface area contributed by atoms with Gasteiger partial charge in [-0.1, -0.05) is 6.07 Å². The Kier molecular flexibility index (Phi) is 4.97. The van der Waals surface area contributed by atoms with Gasteiger partial charge < -0.3 is 10.8 Å². The van der Waals surface area contributed by atoms with Gasteiger partial charge in [-0.05, 0) is 5.38 Å². The van der Waals surface area contributed by atoms with E-state index in [2.05, 4.69) is 0 Å². The van der Waals surface area contributed by atoms with Crippen LogP contribution in [-0.2, 0) is 0 Å². The molecular weight excluding hydrogens is 224 g/mol. The van der Waals surface area contributed by atoms with Crippen molar-refractivity contribution in [2.75, 3.05) is 0 Å². The number of aromatic carboxylic acids is 1. The molecule has 0 atom stereocenters. The minimum Gasteiger partial charge on any atom is -0.698 e. The fraction of sp³-hybridized carbons (Fsp3) is 0. The molecule has 1 rings (SSSR count). The van der Waals surface area contributed by atoms with Gasteiger partial charge in [-0.15, -0.1) is 17.0 Å². The van der Waals surface area contributed by atoms with Crippen molar-refractivity contribution < 1.29 is 68.1 Å². The number of carboxylic acid groups (broad SMARTS) is 1. The van der Waals surface area contributed by atoms with Gasteiger partial charge in [0, 0.05) is 0 Å². The number of nitrogens with one attached hydrogen (secondary N) is 1. The summed E-state index contributed by atoms with van der Waals surface area (Å²) in [6.45, 7) is 0. The molecule has 5 heteroatoms. The quantitative estimate of drug-likeness (QED) is 0.678. The number of hydrogen-bond acceptors (Lipinski definition) is 2. The molecule has 0 fully saturated rings. The summed E-state index contributed by atoms with van der Waals surface area (Å²) in [6, 6.07) is 1.33. The van der Waals surface area contributed by atoms with Gasteiger partial charge in [0.25, 0.3) is 0 Å². The van der Waals surface area contributed by atoms with E-state index in [1.54, 1.807) is 0 Å². The average Bonchev–Trinajstić information content (AvgIpc) is 2.14. The molecule has 0 unspecified atom stereocenters. The van der Waals surface area contributed by atoms with Crippen molar-refractivity contribution in [3.8, 4) is 0 Å². The monoisotopic (exact) mass is 227 g/mol. The molecular formula is C5H4NO2RbS. The zero-order valence-electron chi connectivity index (χ0n) is 5.42. The predicted octanol–water partition coefficient (Wildman–Crippen LogP) is -0.866. The average molecular weight is 228 g/mol. The van der Waals surface area contributed by atoms with E-state index < -0.39 is 5.97 Å². The Bertz CT molecular complexity index is 235. The summed E-state index contributed by atoms with van der Waals surface area (Å²) in [7, 11) is 0. The van der Waals surface area contributed by atoms with Crippen molar-refractivity contribution in [2.45, 2.75) is 0 Å². The van der Waals surface area contributed by atoms with Crippen molar-refractivity contribution in [2.24, 2.45) is 0 Å². The first-order valence-corrected chi connectivity index (χ1v) is 3.11. The number of rotatable bonds is 1. The van der Waals surface area contributed by atoms with Crippen molar-refractivity contribution >= 4 is 23.0 Å². The zero-order valence-corrected chi connectivity index (χ0v) is 11.2. The van der Waals surface area contributed by atoms with Crippen LogP contribution in [0.3, 0.4) is 0 Å². The third kappa shape index (κ3) is 2.80. The Hall–Kier alpha value is 0.775. The molecule has 1 aromatic heterocycles. The van der Waals surface area contributed by atoms with Crippen LogP contribution in [0.1, 0.15) is 9.67 Å². The molecule has 0 bridgehead atoms. The number of hydrogen-bond donors (Lipinski definition) is 1. The molecule has 3 nitrogen and oxygen atoms in total. The summed E-state index contributed by atoms with van der Waals surface area (Å²) in [6.07, 6.45) is 0. The van der Waals surface area contributed by atoms with Crippen LogP contribution in [0, 0.1) is 0 Å². The van der Waals surface area contributed by atoms with E-state index >= 15 is 0 Å². The van der Waals surface area contributed by atoms with Crippen LogP contribution >= 0.6 is 11.3 Å². The van der Waals surface area contributed by atoms with Crippen molar-refractivity contribution in [1.29, 1.82) is 0 Å². The minimum atomic E-state index is -0.960. The molecule has 10 heavy (non-hydrogen) atoms. The van der Waals surface area contributed by atoms with E-state index in [9.17, 15) is 4.79 Å². The van der Waals surface area contributed by atoms with E-state index in [1.807, 2.05) is 0 Å². The van der Waals surface area contributed by atoms with E-state index in [0.29, 0.717) is 0 Å². The molecule has 1 heterocycles. The largest absolute Gasteiger partial charge is 1.00 e. The predicted molar refractivity (Wildman–Crippen MR) is 35.3 cm³/mol. The molecule has 0 spiro atoms. The van der Waals surface area contributed by atoms with Gasteiger partial charge in [-0.2, -0.15) is 0 Å². The maximum atomic E-state index is 10.1. The van der Waals surface area contributed by atoms with E-state index in [-0.39, 0.29) is 68.8 Å². The van der Waals surface area contributed by atoms with Gasteiger partial charge in [-0.3, -0.25) is 0 Å². The van der Waals surface area contributed by atoms with Crippen molar-refractivity contribution in [3.63, 3.8) is 0 Å². The molecule has 0 aromatic carbocycles. The third-order valence-electron chi connectivity index (χ3n) is 0.810. The maximum absolute atomic E-state index is 10.1. The SMILES string of the molecule is [NH-]c1csc(C(=O)O)c1.[Rb+]. The minimum absolute atomic E-state index is 0. The second-order valence-electron chi connectivity index (χ2n) is 1.50. The van der Waals surface area contributed by atoms with Gasteiger partial charge >= 0.3 is 64.2 Å². The van der Waals surface area contributed by atoms with Crippen LogP contribution in [0.15, 0.2) is 11.4 Å². The first kappa shape index (κ1) is 10.8. The van der Waals surface area contributed by atoms with Crippen molar-refractivity contribution in [3.05, 3.63) is 22.1 Å². The van der Waals surface area contributed by atoms with Crippen LogP contribution in [0.25, 0.3) is 5.73 Å². The summed E-state index contributed by atoms with van der Waals surface area (Å²) in [5.74, 6) is -0.960. The smallest absolute Gasteiger partial charge is 0.698 e. The normalized spacial score (nSPS) is 8.40. The molecule has 1 aromatic rings. The molecule has 48 valence electrons. The molecule has 2 N–H and O–H groups in total. The van der Waals surface area contributed by atoms with Crippen molar-refractivity contribution in [1.82, 2.24) is 0 Å². The van der Waals surface area contributed by atoms with Crippen LogP contribution in [0.5, 0.6) is 0 Å².